The van der Waals surface area contributed by atoms with Crippen LogP contribution in [-0.4, -0.2) is 13.1 Å². The highest BCUT2D eigenvalue weighted by Gasteiger charge is 2.17. The summed E-state index contributed by atoms with van der Waals surface area (Å²) in [5.41, 5.74) is 4.52. The molecular weight excluding hydrogens is 184 g/mol. The molecule has 1 atom stereocenters. The van der Waals surface area contributed by atoms with Crippen molar-refractivity contribution < 1.29 is 0 Å². The summed E-state index contributed by atoms with van der Waals surface area (Å²) < 4.78 is 0. The number of nitrogens with one attached hydrogen (secondary N) is 1. The fourth-order valence-corrected chi connectivity index (χ4v) is 1.65. The normalized spacial score (nSPS) is 22.3. The van der Waals surface area contributed by atoms with Crippen LogP contribution in [0.25, 0.3) is 0 Å². The Morgan fingerprint density at radius 1 is 1.38 bits per heavy atom. The molecule has 2 nitrogen and oxygen atoms in total. The second-order valence-electron chi connectivity index (χ2n) is 3.55. The highest BCUT2D eigenvalue weighted by atomic mass is 35.5. The Kier molecular flexibility index (Phi) is 2.42. The molecule has 13 heavy (non-hydrogen) atoms. The van der Waals surface area contributed by atoms with Crippen LogP contribution in [0.3, 0.4) is 0 Å². The highest BCUT2D eigenvalue weighted by Crippen LogP contribution is 2.19. The van der Waals surface area contributed by atoms with Crippen molar-refractivity contribution in [2.75, 3.05) is 18.1 Å². The summed E-state index contributed by atoms with van der Waals surface area (Å²) in [6.07, 6.45) is 0. The van der Waals surface area contributed by atoms with E-state index in [2.05, 4.69) is 17.4 Å². The number of rotatable bonds is 1. The van der Waals surface area contributed by atoms with Crippen LogP contribution < -0.4 is 10.4 Å². The van der Waals surface area contributed by atoms with E-state index < -0.39 is 0 Å². The lowest BCUT2D eigenvalue weighted by molar-refractivity contribution is 0.685. The highest BCUT2D eigenvalue weighted by molar-refractivity contribution is 6.30. The number of hydrazine groups is 1. The first-order chi connectivity index (χ1) is 6.25. The Balaban J connectivity index is 2.13. The lowest BCUT2D eigenvalue weighted by Crippen LogP contribution is -2.30. The third-order valence-electron chi connectivity index (χ3n) is 2.26. The molecule has 0 spiro atoms. The molecule has 0 aromatic heterocycles. The Hall–Kier alpha value is -0.730. The van der Waals surface area contributed by atoms with E-state index in [9.17, 15) is 0 Å². The fraction of sp³-hybridized carbons (Fsp3) is 0.400. The number of anilines is 1. The van der Waals surface area contributed by atoms with Gasteiger partial charge in [-0.1, -0.05) is 18.5 Å². The van der Waals surface area contributed by atoms with Gasteiger partial charge in [0.1, 0.15) is 0 Å². The summed E-state index contributed by atoms with van der Waals surface area (Å²) in [7, 11) is 0. The number of benzene rings is 1. The third-order valence-corrected chi connectivity index (χ3v) is 2.52. The van der Waals surface area contributed by atoms with Crippen LogP contribution in [0.1, 0.15) is 6.92 Å². The number of nitrogens with zero attached hydrogens (tertiary/aromatic N) is 1. The average molecular weight is 197 g/mol. The molecule has 1 aromatic rings. The van der Waals surface area contributed by atoms with Crippen LogP contribution in [0.4, 0.5) is 5.69 Å². The maximum atomic E-state index is 5.81. The van der Waals surface area contributed by atoms with E-state index in [1.807, 2.05) is 24.3 Å². The summed E-state index contributed by atoms with van der Waals surface area (Å²) in [6.45, 7) is 4.37. The Labute approximate surface area is 83.5 Å². The molecule has 0 bridgehead atoms. The molecule has 3 heteroatoms. The first kappa shape index (κ1) is 8.85. The van der Waals surface area contributed by atoms with Gasteiger partial charge in [-0.25, -0.2) is 5.43 Å². The molecule has 1 unspecified atom stereocenters. The fourth-order valence-electron chi connectivity index (χ4n) is 1.52. The van der Waals surface area contributed by atoms with Gasteiger partial charge in [-0.2, -0.15) is 0 Å². The van der Waals surface area contributed by atoms with Gasteiger partial charge in [-0.05, 0) is 30.2 Å². The average Bonchev–Trinajstić information content (AvgIpc) is 2.53. The second kappa shape index (κ2) is 3.56. The van der Waals surface area contributed by atoms with Gasteiger partial charge >= 0.3 is 0 Å². The molecule has 70 valence electrons. The molecule has 1 aliphatic rings. The van der Waals surface area contributed by atoms with Gasteiger partial charge in [0.2, 0.25) is 0 Å². The zero-order valence-corrected chi connectivity index (χ0v) is 8.38. The van der Waals surface area contributed by atoms with Crippen LogP contribution in [-0.2, 0) is 0 Å². The largest absolute Gasteiger partial charge is 0.308 e. The monoisotopic (exact) mass is 196 g/mol. The number of halogens is 1. The van der Waals surface area contributed by atoms with Crippen molar-refractivity contribution in [2.24, 2.45) is 5.92 Å². The minimum Gasteiger partial charge on any atom is -0.308 e. The van der Waals surface area contributed by atoms with Crippen LogP contribution in [0, 0.1) is 5.92 Å². The van der Waals surface area contributed by atoms with Crippen molar-refractivity contribution in [1.29, 1.82) is 0 Å². The predicted octanol–water partition coefficient (Wildman–Crippen LogP) is 2.30. The van der Waals surface area contributed by atoms with E-state index in [1.165, 1.54) is 5.69 Å². The van der Waals surface area contributed by atoms with E-state index >= 15 is 0 Å². The standard InChI is InChI=1S/C10H13ClN2/c1-8-6-12-13(7-8)10-4-2-9(11)3-5-10/h2-5,8,12H,6-7H2,1H3. The second-order valence-corrected chi connectivity index (χ2v) is 3.99. The first-order valence-electron chi connectivity index (χ1n) is 4.52. The van der Waals surface area contributed by atoms with E-state index in [0.717, 1.165) is 24.0 Å². The molecule has 1 aliphatic heterocycles. The Morgan fingerprint density at radius 2 is 2.08 bits per heavy atom. The maximum absolute atomic E-state index is 5.81. The molecule has 0 aliphatic carbocycles. The van der Waals surface area contributed by atoms with E-state index in [-0.39, 0.29) is 0 Å². The van der Waals surface area contributed by atoms with Crippen LogP contribution >= 0.6 is 11.6 Å². The predicted molar refractivity (Wildman–Crippen MR) is 56.0 cm³/mol. The number of hydrogen-bond acceptors (Lipinski definition) is 2. The molecule has 0 saturated carbocycles. The van der Waals surface area contributed by atoms with Crippen molar-refractivity contribution in [1.82, 2.24) is 5.43 Å². The smallest absolute Gasteiger partial charge is 0.0520 e. The van der Waals surface area contributed by atoms with E-state index in [0.29, 0.717) is 0 Å². The quantitative estimate of drug-likeness (QED) is 0.742. The molecule has 2 rings (SSSR count). The lowest BCUT2D eigenvalue weighted by Gasteiger charge is -2.17. The van der Waals surface area contributed by atoms with Gasteiger partial charge in [0.25, 0.3) is 0 Å². The van der Waals surface area contributed by atoms with Gasteiger partial charge in [0, 0.05) is 18.1 Å². The van der Waals surface area contributed by atoms with E-state index in [4.69, 9.17) is 11.6 Å². The number of hydrogen-bond donors (Lipinski definition) is 1. The summed E-state index contributed by atoms with van der Waals surface area (Å²) in [5.74, 6) is 0.718. The van der Waals surface area contributed by atoms with Gasteiger partial charge in [-0.3, -0.25) is 0 Å². The third kappa shape index (κ3) is 1.95. The van der Waals surface area contributed by atoms with Crippen molar-refractivity contribution in [3.8, 4) is 0 Å². The first-order valence-corrected chi connectivity index (χ1v) is 4.90. The topological polar surface area (TPSA) is 15.3 Å². The van der Waals surface area contributed by atoms with Gasteiger partial charge in [0.05, 0.1) is 5.69 Å². The van der Waals surface area contributed by atoms with E-state index in [1.54, 1.807) is 0 Å². The Bertz CT molecular complexity index is 283. The van der Waals surface area contributed by atoms with Crippen LogP contribution in [0.5, 0.6) is 0 Å². The molecule has 1 heterocycles. The molecule has 0 radical (unpaired) electrons. The maximum Gasteiger partial charge on any atom is 0.0520 e. The van der Waals surface area contributed by atoms with Crippen LogP contribution in [0.15, 0.2) is 24.3 Å². The van der Waals surface area contributed by atoms with Crippen LogP contribution in [0.2, 0.25) is 5.02 Å². The zero-order valence-electron chi connectivity index (χ0n) is 7.63. The lowest BCUT2D eigenvalue weighted by atomic mass is 10.2. The molecular formula is C10H13ClN2. The molecule has 1 fully saturated rings. The SMILES string of the molecule is CC1CNN(c2ccc(Cl)cc2)C1. The minimum absolute atomic E-state index is 0.718. The summed E-state index contributed by atoms with van der Waals surface area (Å²) in [5, 5.41) is 2.96. The molecule has 1 aromatic carbocycles. The van der Waals surface area contributed by atoms with Crippen molar-refractivity contribution in [3.63, 3.8) is 0 Å². The molecule has 0 amide bonds. The van der Waals surface area contributed by atoms with Crippen molar-refractivity contribution in [2.45, 2.75) is 6.92 Å². The van der Waals surface area contributed by atoms with Crippen molar-refractivity contribution >= 4 is 17.3 Å². The minimum atomic E-state index is 0.718. The van der Waals surface area contributed by atoms with Gasteiger partial charge in [0.15, 0.2) is 0 Å². The van der Waals surface area contributed by atoms with Gasteiger partial charge < -0.3 is 5.01 Å². The van der Waals surface area contributed by atoms with Gasteiger partial charge in [-0.15, -0.1) is 0 Å². The summed E-state index contributed by atoms with van der Waals surface area (Å²) in [4.78, 5) is 0. The zero-order chi connectivity index (χ0) is 9.26. The summed E-state index contributed by atoms with van der Waals surface area (Å²) >= 11 is 5.81. The van der Waals surface area contributed by atoms with Crippen molar-refractivity contribution in [3.05, 3.63) is 29.3 Å². The molecule has 1 saturated heterocycles. The Morgan fingerprint density at radius 3 is 2.62 bits per heavy atom. The molecule has 1 N–H and O–H groups in total. The summed E-state index contributed by atoms with van der Waals surface area (Å²) in [6, 6.07) is 7.91.